The molecule has 3 rings (SSSR count). The molecule has 1 aromatic heterocycles. The molecule has 1 N–H and O–H groups in total. The Hall–Kier alpha value is -2.41. The van der Waals surface area contributed by atoms with Gasteiger partial charge in [0, 0.05) is 18.3 Å². The molecule has 126 valence electrons. The van der Waals surface area contributed by atoms with Crippen molar-refractivity contribution in [3.05, 3.63) is 40.3 Å². The van der Waals surface area contributed by atoms with E-state index < -0.39 is 0 Å². The number of nitrogens with zero attached hydrogens (tertiary/aromatic N) is 2. The van der Waals surface area contributed by atoms with Gasteiger partial charge >= 0.3 is 0 Å². The maximum Gasteiger partial charge on any atom is 0.229 e. The molecule has 7 heteroatoms. The van der Waals surface area contributed by atoms with Gasteiger partial charge < -0.3 is 15.0 Å². The Morgan fingerprint density at radius 1 is 1.46 bits per heavy atom. The topological polar surface area (TPSA) is 71.5 Å². The van der Waals surface area contributed by atoms with Gasteiger partial charge in [0.15, 0.2) is 0 Å². The number of benzene rings is 1. The van der Waals surface area contributed by atoms with Crippen LogP contribution in [0.5, 0.6) is 5.75 Å². The molecule has 2 aromatic rings. The normalized spacial score (nSPS) is 17.2. The summed E-state index contributed by atoms with van der Waals surface area (Å²) in [4.78, 5) is 30.4. The van der Waals surface area contributed by atoms with Crippen LogP contribution in [0.15, 0.2) is 29.6 Å². The van der Waals surface area contributed by atoms with Crippen LogP contribution in [0.25, 0.3) is 0 Å². The molecule has 1 aliphatic heterocycles. The van der Waals surface area contributed by atoms with Gasteiger partial charge in [-0.15, -0.1) is 11.3 Å². The van der Waals surface area contributed by atoms with Gasteiger partial charge in [-0.25, -0.2) is 4.98 Å². The highest BCUT2D eigenvalue weighted by molar-refractivity contribution is 7.09. The average Bonchev–Trinajstić information content (AvgIpc) is 3.12. The number of nitrogens with one attached hydrogen (secondary N) is 1. The second-order valence-electron chi connectivity index (χ2n) is 5.68. The third-order valence-electron chi connectivity index (χ3n) is 3.87. The number of para-hydroxylation sites is 2. The number of aromatic nitrogens is 1. The zero-order valence-electron chi connectivity index (χ0n) is 13.6. The summed E-state index contributed by atoms with van der Waals surface area (Å²) in [5.74, 6) is 0.519. The number of carbonyl (C=O) groups is 2. The van der Waals surface area contributed by atoms with E-state index in [4.69, 9.17) is 4.74 Å². The lowest BCUT2D eigenvalue weighted by molar-refractivity contribution is -0.121. The maximum atomic E-state index is 12.3. The number of hydrogen-bond acceptors (Lipinski definition) is 5. The highest BCUT2D eigenvalue weighted by atomic mass is 32.1. The first kappa shape index (κ1) is 16.4. The second kappa shape index (κ2) is 7.00. The predicted octanol–water partition coefficient (Wildman–Crippen LogP) is 1.92. The third-order valence-corrected chi connectivity index (χ3v) is 4.70. The molecule has 24 heavy (non-hydrogen) atoms. The van der Waals surface area contributed by atoms with Gasteiger partial charge in [-0.3, -0.25) is 9.59 Å². The van der Waals surface area contributed by atoms with Gasteiger partial charge in [-0.2, -0.15) is 0 Å². The molecule has 0 bridgehead atoms. The number of carbonyl (C=O) groups excluding carboxylic acids is 2. The molecule has 0 aliphatic carbocycles. The van der Waals surface area contributed by atoms with Gasteiger partial charge in [-0.05, 0) is 19.1 Å². The Morgan fingerprint density at radius 2 is 2.25 bits per heavy atom. The highest BCUT2D eigenvalue weighted by Crippen LogP contribution is 2.30. The van der Waals surface area contributed by atoms with Gasteiger partial charge in [0.05, 0.1) is 36.0 Å². The zero-order chi connectivity index (χ0) is 17.1. The van der Waals surface area contributed by atoms with Crippen LogP contribution in [0.1, 0.15) is 17.1 Å². The summed E-state index contributed by atoms with van der Waals surface area (Å²) in [5, 5.41) is 5.75. The molecule has 1 saturated heterocycles. The van der Waals surface area contributed by atoms with E-state index in [2.05, 4.69) is 10.3 Å². The van der Waals surface area contributed by atoms with Crippen LogP contribution in [-0.4, -0.2) is 36.5 Å². The fourth-order valence-corrected chi connectivity index (χ4v) is 3.44. The molecule has 2 amide bonds. The number of aryl methyl sites for hydroxylation is 1. The molecule has 2 heterocycles. The van der Waals surface area contributed by atoms with Gasteiger partial charge in [0.1, 0.15) is 5.75 Å². The standard InChI is InChI=1S/C17H19N3O3S/c1-11-18-13(10-24-11)7-16(21)19-12-8-17(22)20(9-12)14-5-3-4-6-15(14)23-2/h3-6,10,12H,7-9H2,1-2H3,(H,19,21)/t12-/m1/s1. The van der Waals surface area contributed by atoms with Gasteiger partial charge in [0.25, 0.3) is 0 Å². The van der Waals surface area contributed by atoms with E-state index in [9.17, 15) is 9.59 Å². The lowest BCUT2D eigenvalue weighted by Gasteiger charge is -2.19. The maximum absolute atomic E-state index is 12.3. The molecule has 1 fully saturated rings. The van der Waals surface area contributed by atoms with Gasteiger partial charge in [0.2, 0.25) is 11.8 Å². The van der Waals surface area contributed by atoms with E-state index in [1.807, 2.05) is 36.6 Å². The first-order valence-corrected chi connectivity index (χ1v) is 8.58. The van der Waals surface area contributed by atoms with Crippen molar-refractivity contribution in [1.82, 2.24) is 10.3 Å². The second-order valence-corrected chi connectivity index (χ2v) is 6.74. The molecular weight excluding hydrogens is 326 g/mol. The monoisotopic (exact) mass is 345 g/mol. The summed E-state index contributed by atoms with van der Waals surface area (Å²) in [6.45, 7) is 2.36. The Bertz CT molecular complexity index is 759. The number of anilines is 1. The van der Waals surface area contributed by atoms with Crippen LogP contribution in [-0.2, 0) is 16.0 Å². The van der Waals surface area contributed by atoms with Crippen molar-refractivity contribution < 1.29 is 14.3 Å². The van der Waals surface area contributed by atoms with Crippen molar-refractivity contribution in [1.29, 1.82) is 0 Å². The quantitative estimate of drug-likeness (QED) is 0.899. The van der Waals surface area contributed by atoms with Crippen LogP contribution in [0.3, 0.4) is 0 Å². The first-order valence-electron chi connectivity index (χ1n) is 7.70. The van der Waals surface area contributed by atoms with Crippen LogP contribution >= 0.6 is 11.3 Å². The number of hydrogen-bond donors (Lipinski definition) is 1. The van der Waals surface area contributed by atoms with Crippen LogP contribution < -0.4 is 15.0 Å². The smallest absolute Gasteiger partial charge is 0.229 e. The Labute approximate surface area is 144 Å². The molecule has 0 radical (unpaired) electrons. The summed E-state index contributed by atoms with van der Waals surface area (Å²) in [7, 11) is 1.58. The van der Waals surface area contributed by atoms with Crippen LogP contribution in [0.4, 0.5) is 5.69 Å². The molecule has 1 atom stereocenters. The molecule has 1 aliphatic rings. The molecular formula is C17H19N3O3S. The lowest BCUT2D eigenvalue weighted by Crippen LogP contribution is -2.38. The fraction of sp³-hybridized carbons (Fsp3) is 0.353. The largest absolute Gasteiger partial charge is 0.495 e. The summed E-state index contributed by atoms with van der Waals surface area (Å²) in [6.07, 6.45) is 0.531. The van der Waals surface area contributed by atoms with Crippen molar-refractivity contribution in [2.75, 3.05) is 18.6 Å². The SMILES string of the molecule is COc1ccccc1N1C[C@H](NC(=O)Cc2csc(C)n2)CC1=O. The Balaban J connectivity index is 1.63. The van der Waals surface area contributed by atoms with Crippen molar-refractivity contribution in [3.8, 4) is 5.75 Å². The van der Waals surface area contributed by atoms with E-state index in [1.165, 1.54) is 11.3 Å². The predicted molar refractivity (Wildman–Crippen MR) is 92.4 cm³/mol. The number of thiazole rings is 1. The summed E-state index contributed by atoms with van der Waals surface area (Å²) >= 11 is 1.52. The van der Waals surface area contributed by atoms with Crippen LogP contribution in [0.2, 0.25) is 0 Å². The van der Waals surface area contributed by atoms with Crippen molar-refractivity contribution in [3.63, 3.8) is 0 Å². The Morgan fingerprint density at radius 3 is 2.96 bits per heavy atom. The molecule has 6 nitrogen and oxygen atoms in total. The van der Waals surface area contributed by atoms with E-state index in [-0.39, 0.29) is 24.3 Å². The average molecular weight is 345 g/mol. The van der Waals surface area contributed by atoms with E-state index in [1.54, 1.807) is 12.0 Å². The van der Waals surface area contributed by atoms with E-state index >= 15 is 0 Å². The van der Waals surface area contributed by atoms with Crippen molar-refractivity contribution >= 4 is 28.8 Å². The minimum Gasteiger partial charge on any atom is -0.495 e. The van der Waals surface area contributed by atoms with Crippen molar-refractivity contribution in [2.24, 2.45) is 0 Å². The lowest BCUT2D eigenvalue weighted by atomic mass is 10.2. The first-order chi connectivity index (χ1) is 11.6. The third kappa shape index (κ3) is 3.56. The van der Waals surface area contributed by atoms with Crippen LogP contribution in [0, 0.1) is 6.92 Å². The molecule has 0 saturated carbocycles. The number of methoxy groups -OCH3 is 1. The minimum absolute atomic E-state index is 0.0192. The Kier molecular flexibility index (Phi) is 4.80. The summed E-state index contributed by atoms with van der Waals surface area (Å²) in [6, 6.07) is 7.19. The minimum atomic E-state index is -0.199. The highest BCUT2D eigenvalue weighted by Gasteiger charge is 2.32. The molecule has 1 aromatic carbocycles. The van der Waals surface area contributed by atoms with E-state index in [0.717, 1.165) is 16.4 Å². The van der Waals surface area contributed by atoms with Gasteiger partial charge in [-0.1, -0.05) is 12.1 Å². The van der Waals surface area contributed by atoms with Crippen molar-refractivity contribution in [2.45, 2.75) is 25.8 Å². The van der Waals surface area contributed by atoms with E-state index in [0.29, 0.717) is 18.7 Å². The summed E-state index contributed by atoms with van der Waals surface area (Å²) < 4.78 is 5.32. The molecule has 0 unspecified atom stereocenters. The number of ether oxygens (including phenoxy) is 1. The molecule has 0 spiro atoms. The number of rotatable bonds is 5. The number of amides is 2. The fourth-order valence-electron chi connectivity index (χ4n) is 2.82. The zero-order valence-corrected chi connectivity index (χ0v) is 14.4. The summed E-state index contributed by atoms with van der Waals surface area (Å²) in [5.41, 5.74) is 1.50.